The molecule has 21 heavy (non-hydrogen) atoms. The number of nitrogens with zero attached hydrogens (tertiary/aromatic N) is 3. The van der Waals surface area contributed by atoms with Crippen molar-refractivity contribution in [1.82, 2.24) is 15.0 Å². The molecule has 1 aromatic carbocycles. The van der Waals surface area contributed by atoms with Crippen LogP contribution in [0.25, 0.3) is 0 Å². The number of hydrogen-bond donors (Lipinski definition) is 1. The maximum absolute atomic E-state index is 12.4. The molecule has 0 saturated heterocycles. The molecule has 7 nitrogen and oxygen atoms in total. The molecule has 0 fully saturated rings. The van der Waals surface area contributed by atoms with Crippen LogP contribution in [0.5, 0.6) is 5.75 Å². The number of aryl methyl sites for hydroxylation is 1. The zero-order valence-electron chi connectivity index (χ0n) is 10.8. The van der Waals surface area contributed by atoms with Gasteiger partial charge in [-0.25, -0.2) is 4.68 Å². The number of ether oxygens (including phenoxy) is 1. The molecule has 11 heteroatoms. The van der Waals surface area contributed by atoms with E-state index in [0.717, 1.165) is 4.68 Å². The van der Waals surface area contributed by atoms with E-state index in [2.05, 4.69) is 62.8 Å². The molecule has 0 saturated carbocycles. The number of methoxy groups -OCH3 is 1. The average Bonchev–Trinajstić information content (AvgIpc) is 2.73. The topological polar surface area (TPSA) is 86.1 Å². The summed E-state index contributed by atoms with van der Waals surface area (Å²) in [6, 6.07) is 3.25. The van der Waals surface area contributed by atoms with Gasteiger partial charge in [0, 0.05) is 17.6 Å². The van der Waals surface area contributed by atoms with E-state index in [9.17, 15) is 8.42 Å². The molecule has 2 rings (SSSR count). The molecule has 1 aromatic heterocycles. The van der Waals surface area contributed by atoms with E-state index in [4.69, 9.17) is 4.74 Å². The van der Waals surface area contributed by atoms with E-state index >= 15 is 0 Å². The highest BCUT2D eigenvalue weighted by molar-refractivity contribution is 9.11. The molecule has 0 bridgehead atoms. The van der Waals surface area contributed by atoms with Gasteiger partial charge in [0.1, 0.15) is 5.75 Å². The highest BCUT2D eigenvalue weighted by Gasteiger charge is 2.25. The molecule has 0 aliphatic carbocycles. The van der Waals surface area contributed by atoms with Crippen LogP contribution in [0.15, 0.2) is 30.7 Å². The molecular formula is C10H9Br3N4O3S. The van der Waals surface area contributed by atoms with E-state index in [1.54, 1.807) is 12.1 Å². The molecule has 114 valence electrons. The first-order valence-corrected chi connectivity index (χ1v) is 9.23. The molecule has 0 radical (unpaired) electrons. The van der Waals surface area contributed by atoms with Crippen molar-refractivity contribution in [3.05, 3.63) is 25.7 Å². The molecule has 0 unspecified atom stereocenters. The first-order chi connectivity index (χ1) is 9.76. The molecule has 0 aliphatic rings. The first kappa shape index (κ1) is 16.7. The standard InChI is InChI=1S/C10H9Br3N4O3S/c1-17-10(9(13)14-16-17)21(18,19)15-7-4-8(20-2)6(12)3-5(7)11/h3-4,15H,1-2H3. The number of halogens is 3. The Hall–Kier alpha value is -0.650. The summed E-state index contributed by atoms with van der Waals surface area (Å²) in [7, 11) is -0.868. The smallest absolute Gasteiger partial charge is 0.281 e. The number of aromatic nitrogens is 3. The molecule has 1 N–H and O–H groups in total. The minimum absolute atomic E-state index is 0.0729. The number of benzene rings is 1. The maximum Gasteiger partial charge on any atom is 0.281 e. The second-order valence-corrected chi connectivity index (χ2v) is 7.94. The Kier molecular flexibility index (Phi) is 4.96. The van der Waals surface area contributed by atoms with Crippen molar-refractivity contribution in [2.24, 2.45) is 7.05 Å². The third kappa shape index (κ3) is 3.41. The quantitative estimate of drug-likeness (QED) is 0.692. The zero-order chi connectivity index (χ0) is 15.8. The molecular weight excluding hydrogens is 496 g/mol. The Morgan fingerprint density at radius 3 is 2.43 bits per heavy atom. The van der Waals surface area contributed by atoms with E-state index in [1.807, 2.05) is 0 Å². The van der Waals surface area contributed by atoms with Gasteiger partial charge in [-0.2, -0.15) is 8.42 Å². The van der Waals surface area contributed by atoms with Gasteiger partial charge in [0.2, 0.25) is 5.03 Å². The fourth-order valence-electron chi connectivity index (χ4n) is 1.56. The van der Waals surface area contributed by atoms with Crippen molar-refractivity contribution in [3.63, 3.8) is 0 Å². The summed E-state index contributed by atoms with van der Waals surface area (Å²) >= 11 is 9.69. The van der Waals surface area contributed by atoms with Gasteiger partial charge in [0.05, 0.1) is 17.3 Å². The van der Waals surface area contributed by atoms with Crippen LogP contribution in [0.3, 0.4) is 0 Å². The second-order valence-electron chi connectivity index (χ2n) is 3.88. The van der Waals surface area contributed by atoms with Crippen molar-refractivity contribution in [2.75, 3.05) is 11.8 Å². The molecule has 0 amide bonds. The number of sulfonamides is 1. The van der Waals surface area contributed by atoms with Crippen LogP contribution >= 0.6 is 47.8 Å². The molecule has 1 heterocycles. The van der Waals surface area contributed by atoms with Gasteiger partial charge in [0.25, 0.3) is 10.0 Å². The van der Waals surface area contributed by atoms with Crippen molar-refractivity contribution in [3.8, 4) is 5.75 Å². The molecule has 0 atom stereocenters. The van der Waals surface area contributed by atoms with Crippen molar-refractivity contribution < 1.29 is 13.2 Å². The van der Waals surface area contributed by atoms with E-state index in [0.29, 0.717) is 20.4 Å². The van der Waals surface area contributed by atoms with Crippen LogP contribution in [-0.4, -0.2) is 30.5 Å². The summed E-state index contributed by atoms with van der Waals surface area (Å²) in [5, 5.41) is 7.24. The van der Waals surface area contributed by atoms with Gasteiger partial charge < -0.3 is 4.74 Å². The monoisotopic (exact) mass is 502 g/mol. The lowest BCUT2D eigenvalue weighted by Gasteiger charge is -2.12. The fourth-order valence-corrected chi connectivity index (χ4v) is 5.12. The minimum atomic E-state index is -3.85. The van der Waals surface area contributed by atoms with Crippen LogP contribution in [0, 0.1) is 0 Å². The maximum atomic E-state index is 12.4. The Bertz CT molecular complexity index is 772. The van der Waals surface area contributed by atoms with Crippen molar-refractivity contribution >= 4 is 63.5 Å². The number of rotatable bonds is 4. The van der Waals surface area contributed by atoms with Crippen LogP contribution in [0.2, 0.25) is 0 Å². The third-order valence-corrected chi connectivity index (χ3v) is 6.01. The lowest BCUT2D eigenvalue weighted by molar-refractivity contribution is 0.412. The fraction of sp³-hybridized carbons (Fsp3) is 0.200. The van der Waals surface area contributed by atoms with Gasteiger partial charge in [-0.3, -0.25) is 4.72 Å². The number of hydrogen-bond acceptors (Lipinski definition) is 5. The van der Waals surface area contributed by atoms with Gasteiger partial charge in [-0.15, -0.1) is 5.10 Å². The summed E-state index contributed by atoms with van der Waals surface area (Å²) in [6.07, 6.45) is 0. The number of anilines is 1. The normalized spacial score (nSPS) is 11.5. The summed E-state index contributed by atoms with van der Waals surface area (Å²) < 4.78 is 35.0. The Morgan fingerprint density at radius 1 is 1.24 bits per heavy atom. The molecule has 2 aromatic rings. The Balaban J connectivity index is 2.47. The van der Waals surface area contributed by atoms with Crippen LogP contribution in [0.4, 0.5) is 5.69 Å². The third-order valence-electron chi connectivity index (χ3n) is 2.48. The summed E-state index contributed by atoms with van der Waals surface area (Å²) in [5.41, 5.74) is 0.336. The lowest BCUT2D eigenvalue weighted by Crippen LogP contribution is -2.17. The van der Waals surface area contributed by atoms with E-state index in [1.165, 1.54) is 14.2 Å². The van der Waals surface area contributed by atoms with Crippen molar-refractivity contribution in [2.45, 2.75) is 5.03 Å². The Labute approximate surface area is 146 Å². The first-order valence-electron chi connectivity index (χ1n) is 5.37. The molecule has 0 spiro atoms. The van der Waals surface area contributed by atoms with E-state index < -0.39 is 10.0 Å². The SMILES string of the molecule is COc1cc(NS(=O)(=O)c2c(Br)nnn2C)c(Br)cc1Br. The molecule has 0 aliphatic heterocycles. The van der Waals surface area contributed by atoms with E-state index in [-0.39, 0.29) is 9.63 Å². The number of nitrogens with one attached hydrogen (secondary N) is 1. The van der Waals surface area contributed by atoms with Crippen molar-refractivity contribution in [1.29, 1.82) is 0 Å². The highest BCUT2D eigenvalue weighted by Crippen LogP contribution is 2.35. The highest BCUT2D eigenvalue weighted by atomic mass is 79.9. The predicted molar refractivity (Wildman–Crippen MR) is 87.9 cm³/mol. The summed E-state index contributed by atoms with van der Waals surface area (Å²) in [5.74, 6) is 0.498. The minimum Gasteiger partial charge on any atom is -0.495 e. The Morgan fingerprint density at radius 2 is 1.90 bits per heavy atom. The average molecular weight is 505 g/mol. The van der Waals surface area contributed by atoms with Gasteiger partial charge >= 0.3 is 0 Å². The summed E-state index contributed by atoms with van der Waals surface area (Å²) in [4.78, 5) is 0. The van der Waals surface area contributed by atoms with Crippen LogP contribution < -0.4 is 9.46 Å². The second kappa shape index (κ2) is 6.23. The van der Waals surface area contributed by atoms with Crippen LogP contribution in [0.1, 0.15) is 0 Å². The predicted octanol–water partition coefficient (Wildman–Crippen LogP) is 2.91. The largest absolute Gasteiger partial charge is 0.495 e. The lowest BCUT2D eigenvalue weighted by atomic mass is 10.3. The zero-order valence-corrected chi connectivity index (χ0v) is 16.3. The van der Waals surface area contributed by atoms with Crippen LogP contribution in [-0.2, 0) is 17.1 Å². The summed E-state index contributed by atoms with van der Waals surface area (Å²) in [6.45, 7) is 0. The van der Waals surface area contributed by atoms with Gasteiger partial charge in [-0.05, 0) is 53.9 Å². The van der Waals surface area contributed by atoms with Gasteiger partial charge in [-0.1, -0.05) is 5.21 Å². The van der Waals surface area contributed by atoms with Gasteiger partial charge in [0.15, 0.2) is 4.60 Å².